The molecule has 0 unspecified atom stereocenters. The van der Waals surface area contributed by atoms with Crippen molar-refractivity contribution >= 4 is 44.5 Å². The molecule has 0 atom stereocenters. The Morgan fingerprint density at radius 2 is 1.84 bits per heavy atom. The Morgan fingerprint density at radius 1 is 1.08 bits per heavy atom. The average molecular weight is 396 g/mol. The van der Waals surface area contributed by atoms with E-state index in [1.54, 1.807) is 12.3 Å². The van der Waals surface area contributed by atoms with E-state index in [4.69, 9.17) is 0 Å². The first-order valence-corrected chi connectivity index (χ1v) is 8.63. The number of fused-ring (bicyclic) bond motifs is 1. The van der Waals surface area contributed by atoms with E-state index in [-0.39, 0.29) is 5.91 Å². The number of carbonyl (C=O) groups is 1. The molecule has 1 N–H and O–H groups in total. The van der Waals surface area contributed by atoms with Gasteiger partial charge in [0.25, 0.3) is 5.91 Å². The Labute approximate surface area is 155 Å². The highest BCUT2D eigenvalue weighted by Gasteiger charge is 2.08. The molecule has 0 bridgehead atoms. The number of carbonyl (C=O) groups excluding carboxylic acids is 1. The maximum atomic E-state index is 12.4. The summed E-state index contributed by atoms with van der Waals surface area (Å²) in [6.45, 7) is 0. The largest absolute Gasteiger partial charge is 0.377 e. The summed E-state index contributed by atoms with van der Waals surface area (Å²) in [6, 6.07) is 19.4. The van der Waals surface area contributed by atoms with Gasteiger partial charge in [-0.25, -0.2) is 5.43 Å². The normalized spacial score (nSPS) is 11.0. The van der Waals surface area contributed by atoms with E-state index in [0.717, 1.165) is 26.5 Å². The minimum atomic E-state index is -0.225. The minimum Gasteiger partial charge on any atom is -0.377 e. The first kappa shape index (κ1) is 17.2. The molecule has 25 heavy (non-hydrogen) atoms. The maximum absolute atomic E-state index is 12.4. The third-order valence-corrected chi connectivity index (χ3v) is 4.50. The molecule has 0 aliphatic carbocycles. The van der Waals surface area contributed by atoms with Crippen LogP contribution in [0.15, 0.2) is 70.2 Å². The molecule has 0 spiro atoms. The topological polar surface area (TPSA) is 44.7 Å². The van der Waals surface area contributed by atoms with Crippen LogP contribution in [0.1, 0.15) is 15.9 Å². The van der Waals surface area contributed by atoms with Gasteiger partial charge in [-0.2, -0.15) is 5.10 Å². The summed E-state index contributed by atoms with van der Waals surface area (Å²) in [5.41, 5.74) is 5.19. The first-order chi connectivity index (χ1) is 12.1. The molecule has 5 heteroatoms. The van der Waals surface area contributed by atoms with Crippen LogP contribution in [0.25, 0.3) is 10.8 Å². The number of rotatable bonds is 4. The Balaban J connectivity index is 1.76. The van der Waals surface area contributed by atoms with Crippen molar-refractivity contribution in [3.05, 3.63) is 76.3 Å². The van der Waals surface area contributed by atoms with Crippen LogP contribution in [0.4, 0.5) is 5.69 Å². The number of anilines is 1. The van der Waals surface area contributed by atoms with Crippen LogP contribution in [0.5, 0.6) is 0 Å². The van der Waals surface area contributed by atoms with Crippen molar-refractivity contribution in [3.63, 3.8) is 0 Å². The number of hydrogen-bond acceptors (Lipinski definition) is 3. The van der Waals surface area contributed by atoms with Gasteiger partial charge < -0.3 is 4.90 Å². The fourth-order valence-electron chi connectivity index (χ4n) is 2.62. The summed E-state index contributed by atoms with van der Waals surface area (Å²) < 4.78 is 0.974. The number of benzene rings is 3. The van der Waals surface area contributed by atoms with Crippen molar-refractivity contribution in [3.8, 4) is 0 Å². The lowest BCUT2D eigenvalue weighted by molar-refractivity contribution is 0.0957. The summed E-state index contributed by atoms with van der Waals surface area (Å²) >= 11 is 3.54. The number of halogens is 1. The second kappa shape index (κ2) is 7.49. The first-order valence-electron chi connectivity index (χ1n) is 7.84. The highest BCUT2D eigenvalue weighted by atomic mass is 79.9. The summed E-state index contributed by atoms with van der Waals surface area (Å²) in [7, 11) is 3.97. The molecule has 0 saturated heterocycles. The molecule has 126 valence electrons. The van der Waals surface area contributed by atoms with E-state index >= 15 is 0 Å². The Bertz CT molecular complexity index is 945. The zero-order chi connectivity index (χ0) is 17.8. The molecular formula is C20H18BrN3O. The molecule has 0 aliphatic heterocycles. The smallest absolute Gasteiger partial charge is 0.271 e. The van der Waals surface area contributed by atoms with Gasteiger partial charge in [0.15, 0.2) is 0 Å². The molecule has 4 nitrogen and oxygen atoms in total. The predicted octanol–water partition coefficient (Wildman–Crippen LogP) is 4.43. The van der Waals surface area contributed by atoms with E-state index in [0.29, 0.717) is 5.56 Å². The standard InChI is InChI=1S/C20H18BrN3O/c1-24(2)19-11-10-14(12-18(19)21)13-22-23-20(25)17-9-5-7-15-6-3-4-8-16(15)17/h3-13H,1-2H3,(H,23,25)/b22-13+. The monoisotopic (exact) mass is 395 g/mol. The summed E-state index contributed by atoms with van der Waals surface area (Å²) in [5, 5.41) is 6.02. The van der Waals surface area contributed by atoms with Crippen LogP contribution in [-0.2, 0) is 0 Å². The van der Waals surface area contributed by atoms with Crippen molar-refractivity contribution in [2.45, 2.75) is 0 Å². The number of hydrazone groups is 1. The lowest BCUT2D eigenvalue weighted by Gasteiger charge is -2.14. The van der Waals surface area contributed by atoms with E-state index in [1.807, 2.05) is 73.6 Å². The van der Waals surface area contributed by atoms with Crippen LogP contribution in [0.3, 0.4) is 0 Å². The highest BCUT2D eigenvalue weighted by molar-refractivity contribution is 9.10. The molecule has 3 rings (SSSR count). The zero-order valence-electron chi connectivity index (χ0n) is 14.0. The molecule has 0 radical (unpaired) electrons. The second-order valence-electron chi connectivity index (χ2n) is 5.83. The van der Waals surface area contributed by atoms with Gasteiger partial charge in [0.2, 0.25) is 0 Å². The predicted molar refractivity (Wildman–Crippen MR) is 107 cm³/mol. The van der Waals surface area contributed by atoms with Crippen LogP contribution in [-0.4, -0.2) is 26.2 Å². The van der Waals surface area contributed by atoms with E-state index in [9.17, 15) is 4.79 Å². The molecule has 0 fully saturated rings. The number of amides is 1. The maximum Gasteiger partial charge on any atom is 0.271 e. The van der Waals surface area contributed by atoms with E-state index in [2.05, 4.69) is 26.5 Å². The Hall–Kier alpha value is -2.66. The SMILES string of the molecule is CN(C)c1ccc(/C=N/NC(=O)c2cccc3ccccc23)cc1Br. The molecule has 1 amide bonds. The molecule has 0 heterocycles. The molecule has 0 saturated carbocycles. The Kier molecular flexibility index (Phi) is 5.14. The molecule has 3 aromatic rings. The van der Waals surface area contributed by atoms with Gasteiger partial charge in [0.1, 0.15) is 0 Å². The van der Waals surface area contributed by atoms with Gasteiger partial charge in [0, 0.05) is 24.1 Å². The molecule has 3 aromatic carbocycles. The van der Waals surface area contributed by atoms with Gasteiger partial charge >= 0.3 is 0 Å². The van der Waals surface area contributed by atoms with Crippen LogP contribution >= 0.6 is 15.9 Å². The molecule has 0 aliphatic rings. The third kappa shape index (κ3) is 3.88. The fourth-order valence-corrected chi connectivity index (χ4v) is 3.37. The van der Waals surface area contributed by atoms with Crippen molar-refractivity contribution in [2.24, 2.45) is 5.10 Å². The van der Waals surface area contributed by atoms with E-state index in [1.165, 1.54) is 0 Å². The number of nitrogens with one attached hydrogen (secondary N) is 1. The second-order valence-corrected chi connectivity index (χ2v) is 6.69. The quantitative estimate of drug-likeness (QED) is 0.524. The highest BCUT2D eigenvalue weighted by Crippen LogP contribution is 2.25. The fraction of sp³-hybridized carbons (Fsp3) is 0.100. The van der Waals surface area contributed by atoms with Crippen LogP contribution < -0.4 is 10.3 Å². The van der Waals surface area contributed by atoms with Crippen molar-refractivity contribution < 1.29 is 4.79 Å². The van der Waals surface area contributed by atoms with Crippen LogP contribution in [0.2, 0.25) is 0 Å². The number of nitrogens with zero attached hydrogens (tertiary/aromatic N) is 2. The minimum absolute atomic E-state index is 0.225. The van der Waals surface area contributed by atoms with Crippen molar-refractivity contribution in [1.29, 1.82) is 0 Å². The lowest BCUT2D eigenvalue weighted by atomic mass is 10.0. The van der Waals surface area contributed by atoms with Gasteiger partial charge in [-0.15, -0.1) is 0 Å². The Morgan fingerprint density at radius 3 is 2.60 bits per heavy atom. The van der Waals surface area contributed by atoms with Crippen molar-refractivity contribution in [1.82, 2.24) is 5.43 Å². The van der Waals surface area contributed by atoms with Crippen LogP contribution in [0, 0.1) is 0 Å². The number of hydrogen-bond donors (Lipinski definition) is 1. The summed E-state index contributed by atoms with van der Waals surface area (Å²) in [6.07, 6.45) is 1.63. The van der Waals surface area contributed by atoms with Gasteiger partial charge in [0.05, 0.1) is 11.9 Å². The third-order valence-electron chi connectivity index (χ3n) is 3.87. The van der Waals surface area contributed by atoms with E-state index < -0.39 is 0 Å². The van der Waals surface area contributed by atoms with Crippen molar-refractivity contribution in [2.75, 3.05) is 19.0 Å². The average Bonchev–Trinajstić information content (AvgIpc) is 2.61. The molecule has 0 aromatic heterocycles. The van der Waals surface area contributed by atoms with Gasteiger partial charge in [-0.1, -0.05) is 42.5 Å². The van der Waals surface area contributed by atoms with Gasteiger partial charge in [-0.05, 0) is 50.5 Å². The summed E-state index contributed by atoms with van der Waals surface area (Å²) in [4.78, 5) is 14.4. The summed E-state index contributed by atoms with van der Waals surface area (Å²) in [5.74, 6) is -0.225. The molecular weight excluding hydrogens is 378 g/mol. The zero-order valence-corrected chi connectivity index (χ0v) is 15.6. The lowest BCUT2D eigenvalue weighted by Crippen LogP contribution is -2.18. The van der Waals surface area contributed by atoms with Gasteiger partial charge in [-0.3, -0.25) is 4.79 Å².